The first-order valence-corrected chi connectivity index (χ1v) is 10.3. The minimum atomic E-state index is 0.767. The van der Waals surface area contributed by atoms with E-state index in [1.165, 1.54) is 33.9 Å². The van der Waals surface area contributed by atoms with Gasteiger partial charge >= 0.3 is 0 Å². The smallest absolute Gasteiger partial charge is 0.191 e. The van der Waals surface area contributed by atoms with E-state index in [1.54, 1.807) is 0 Å². The number of aliphatic imine (C=N–C) groups is 1. The molecule has 1 saturated heterocycles. The number of guanidine groups is 1. The van der Waals surface area contributed by atoms with Crippen LogP contribution in [0.2, 0.25) is 0 Å². The highest BCUT2D eigenvalue weighted by Gasteiger charge is 2.10. The highest BCUT2D eigenvalue weighted by Crippen LogP contribution is 2.19. The van der Waals surface area contributed by atoms with Crippen LogP contribution < -0.4 is 15.5 Å². The molecule has 138 valence electrons. The zero-order chi connectivity index (χ0) is 18.2. The van der Waals surface area contributed by atoms with Crippen molar-refractivity contribution in [3.8, 4) is 0 Å². The van der Waals surface area contributed by atoms with Crippen molar-refractivity contribution in [3.63, 3.8) is 0 Å². The van der Waals surface area contributed by atoms with Crippen LogP contribution in [0.5, 0.6) is 0 Å². The summed E-state index contributed by atoms with van der Waals surface area (Å²) in [6.45, 7) is 5.98. The molecule has 0 saturated carbocycles. The summed E-state index contributed by atoms with van der Waals surface area (Å²) in [5.41, 5.74) is 5.18. The lowest BCUT2D eigenvalue weighted by atomic mass is 10.1. The number of rotatable bonds is 5. The van der Waals surface area contributed by atoms with Gasteiger partial charge in [0.15, 0.2) is 5.96 Å². The third kappa shape index (κ3) is 5.18. The summed E-state index contributed by atoms with van der Waals surface area (Å²) in [6, 6.07) is 17.3. The third-order valence-electron chi connectivity index (χ3n) is 4.70. The van der Waals surface area contributed by atoms with Crippen LogP contribution >= 0.6 is 11.8 Å². The number of hydrogen-bond acceptors (Lipinski definition) is 3. The van der Waals surface area contributed by atoms with Crippen LogP contribution in [-0.4, -0.2) is 37.6 Å². The zero-order valence-corrected chi connectivity index (χ0v) is 16.5. The summed E-state index contributed by atoms with van der Waals surface area (Å²) in [7, 11) is 1.81. The van der Waals surface area contributed by atoms with E-state index in [0.717, 1.165) is 32.1 Å². The Kier molecular flexibility index (Phi) is 6.83. The van der Waals surface area contributed by atoms with E-state index in [1.807, 2.05) is 18.8 Å². The van der Waals surface area contributed by atoms with Crippen LogP contribution in [0, 0.1) is 6.92 Å². The van der Waals surface area contributed by atoms with E-state index in [2.05, 4.69) is 76.0 Å². The standard InChI is InChI=1S/C21H28N4S/c1-17-5-3-4-6-19(17)16-24-21(22-2)23-15-18-7-9-20(10-8-18)25-11-13-26-14-12-25/h3-10H,11-16H2,1-2H3,(H2,22,23,24). The Morgan fingerprint density at radius 1 is 1.00 bits per heavy atom. The second kappa shape index (κ2) is 9.53. The number of anilines is 1. The van der Waals surface area contributed by atoms with E-state index >= 15 is 0 Å². The Morgan fingerprint density at radius 3 is 2.38 bits per heavy atom. The van der Waals surface area contributed by atoms with Crippen molar-refractivity contribution in [3.05, 3.63) is 65.2 Å². The maximum absolute atomic E-state index is 4.32. The van der Waals surface area contributed by atoms with Crippen LogP contribution in [0.4, 0.5) is 5.69 Å². The molecule has 0 atom stereocenters. The van der Waals surface area contributed by atoms with Gasteiger partial charge in [-0.1, -0.05) is 36.4 Å². The van der Waals surface area contributed by atoms with Gasteiger partial charge in [-0.15, -0.1) is 0 Å². The normalized spacial score (nSPS) is 15.0. The predicted octanol–water partition coefficient (Wildman–Crippen LogP) is 3.41. The molecule has 1 fully saturated rings. The molecule has 1 heterocycles. The maximum atomic E-state index is 4.32. The first kappa shape index (κ1) is 18.6. The van der Waals surface area contributed by atoms with Crippen molar-refractivity contribution in [2.45, 2.75) is 20.0 Å². The third-order valence-corrected chi connectivity index (χ3v) is 5.65. The molecule has 2 N–H and O–H groups in total. The van der Waals surface area contributed by atoms with Crippen molar-refractivity contribution >= 4 is 23.4 Å². The number of nitrogens with zero attached hydrogens (tertiary/aromatic N) is 2. The fourth-order valence-electron chi connectivity index (χ4n) is 3.04. The molecule has 4 nitrogen and oxygen atoms in total. The van der Waals surface area contributed by atoms with Crippen LogP contribution in [0.15, 0.2) is 53.5 Å². The number of benzene rings is 2. The largest absolute Gasteiger partial charge is 0.370 e. The minimum Gasteiger partial charge on any atom is -0.370 e. The number of thioether (sulfide) groups is 1. The average Bonchev–Trinajstić information content (AvgIpc) is 2.70. The Morgan fingerprint density at radius 2 is 1.69 bits per heavy atom. The maximum Gasteiger partial charge on any atom is 0.191 e. The van der Waals surface area contributed by atoms with E-state index in [4.69, 9.17) is 0 Å². The van der Waals surface area contributed by atoms with E-state index in [9.17, 15) is 0 Å². The van der Waals surface area contributed by atoms with E-state index < -0.39 is 0 Å². The Balaban J connectivity index is 1.49. The Hall–Kier alpha value is -2.14. The molecule has 0 aliphatic carbocycles. The lowest BCUT2D eigenvalue weighted by Crippen LogP contribution is -2.36. The van der Waals surface area contributed by atoms with Gasteiger partial charge in [-0.3, -0.25) is 4.99 Å². The van der Waals surface area contributed by atoms with Gasteiger partial charge in [-0.05, 0) is 35.7 Å². The molecule has 0 unspecified atom stereocenters. The molecule has 0 amide bonds. The highest BCUT2D eigenvalue weighted by atomic mass is 32.2. The number of aryl methyl sites for hydroxylation is 1. The molecule has 0 aromatic heterocycles. The van der Waals surface area contributed by atoms with Gasteiger partial charge in [0.05, 0.1) is 0 Å². The molecule has 0 radical (unpaired) electrons. The van der Waals surface area contributed by atoms with Gasteiger partial charge < -0.3 is 15.5 Å². The average molecular weight is 369 g/mol. The summed E-state index contributed by atoms with van der Waals surface area (Å²) in [5.74, 6) is 3.28. The monoisotopic (exact) mass is 368 g/mol. The van der Waals surface area contributed by atoms with Crippen LogP contribution in [0.1, 0.15) is 16.7 Å². The van der Waals surface area contributed by atoms with E-state index in [0.29, 0.717) is 0 Å². The second-order valence-electron chi connectivity index (χ2n) is 6.47. The lowest BCUT2D eigenvalue weighted by Gasteiger charge is -2.28. The lowest BCUT2D eigenvalue weighted by molar-refractivity contribution is 0.805. The summed E-state index contributed by atoms with van der Waals surface area (Å²) in [6.07, 6.45) is 0. The summed E-state index contributed by atoms with van der Waals surface area (Å²) in [4.78, 5) is 6.79. The highest BCUT2D eigenvalue weighted by molar-refractivity contribution is 7.99. The van der Waals surface area contributed by atoms with Gasteiger partial charge in [0, 0.05) is 50.4 Å². The van der Waals surface area contributed by atoms with Gasteiger partial charge in [0.1, 0.15) is 0 Å². The summed E-state index contributed by atoms with van der Waals surface area (Å²) < 4.78 is 0. The second-order valence-corrected chi connectivity index (χ2v) is 7.70. The SMILES string of the molecule is CN=C(NCc1ccc(N2CCSCC2)cc1)NCc1ccccc1C. The predicted molar refractivity (Wildman–Crippen MR) is 114 cm³/mol. The van der Waals surface area contributed by atoms with Gasteiger partial charge in [-0.25, -0.2) is 0 Å². The molecule has 26 heavy (non-hydrogen) atoms. The Labute approximate surface area is 161 Å². The summed E-state index contributed by atoms with van der Waals surface area (Å²) in [5, 5.41) is 6.78. The quantitative estimate of drug-likeness (QED) is 0.627. The number of nitrogens with one attached hydrogen (secondary N) is 2. The molecule has 0 bridgehead atoms. The van der Waals surface area contributed by atoms with Crippen molar-refractivity contribution in [1.82, 2.24) is 10.6 Å². The minimum absolute atomic E-state index is 0.767. The van der Waals surface area contributed by atoms with Crippen molar-refractivity contribution in [2.24, 2.45) is 4.99 Å². The Bertz CT molecular complexity index is 721. The van der Waals surface area contributed by atoms with Crippen LogP contribution in [0.25, 0.3) is 0 Å². The molecule has 0 spiro atoms. The molecule has 3 rings (SSSR count). The van der Waals surface area contributed by atoms with Crippen LogP contribution in [0.3, 0.4) is 0 Å². The topological polar surface area (TPSA) is 39.7 Å². The van der Waals surface area contributed by atoms with Gasteiger partial charge in [-0.2, -0.15) is 11.8 Å². The molecule has 2 aromatic carbocycles. The molecular formula is C21H28N4S. The summed E-state index contributed by atoms with van der Waals surface area (Å²) >= 11 is 2.04. The molecule has 2 aromatic rings. The first-order chi connectivity index (χ1) is 12.8. The number of hydrogen-bond donors (Lipinski definition) is 2. The zero-order valence-electron chi connectivity index (χ0n) is 15.7. The van der Waals surface area contributed by atoms with Gasteiger partial charge in [0.25, 0.3) is 0 Å². The van der Waals surface area contributed by atoms with Crippen LogP contribution in [-0.2, 0) is 13.1 Å². The molecule has 1 aliphatic rings. The van der Waals surface area contributed by atoms with Gasteiger partial charge in [0.2, 0.25) is 0 Å². The van der Waals surface area contributed by atoms with Crippen molar-refractivity contribution in [1.29, 1.82) is 0 Å². The fourth-order valence-corrected chi connectivity index (χ4v) is 3.94. The molecule has 1 aliphatic heterocycles. The molecular weight excluding hydrogens is 340 g/mol. The van der Waals surface area contributed by atoms with Crippen molar-refractivity contribution < 1.29 is 0 Å². The van der Waals surface area contributed by atoms with Crippen molar-refractivity contribution in [2.75, 3.05) is 36.5 Å². The molecule has 5 heteroatoms. The first-order valence-electron chi connectivity index (χ1n) is 9.17. The fraction of sp³-hybridized carbons (Fsp3) is 0.381. The van der Waals surface area contributed by atoms with E-state index in [-0.39, 0.29) is 0 Å².